The Balaban J connectivity index is 1.60. The number of alkyl halides is 3. The van der Waals surface area contributed by atoms with Crippen LogP contribution in [0.3, 0.4) is 0 Å². The van der Waals surface area contributed by atoms with Crippen molar-refractivity contribution in [2.24, 2.45) is 0 Å². The topological polar surface area (TPSA) is 51.5 Å². The second-order valence-electron chi connectivity index (χ2n) is 7.10. The van der Waals surface area contributed by atoms with Crippen LogP contribution in [0.2, 0.25) is 0 Å². The van der Waals surface area contributed by atoms with E-state index in [-0.39, 0.29) is 0 Å². The maximum Gasteiger partial charge on any atom is 0.416 e. The highest BCUT2D eigenvalue weighted by Crippen LogP contribution is 2.32. The smallest absolute Gasteiger partial charge is 0.381 e. The zero-order chi connectivity index (χ0) is 19.7. The average Bonchev–Trinajstić information content (AvgIpc) is 3.11. The van der Waals surface area contributed by atoms with Crippen LogP contribution < -0.4 is 5.32 Å². The molecule has 0 saturated heterocycles. The van der Waals surface area contributed by atoms with Gasteiger partial charge in [0.25, 0.3) is 0 Å². The summed E-state index contributed by atoms with van der Waals surface area (Å²) in [5, 5.41) is 11.7. The summed E-state index contributed by atoms with van der Waals surface area (Å²) < 4.78 is 46.2. The van der Waals surface area contributed by atoms with Crippen LogP contribution in [0.1, 0.15) is 31.2 Å². The van der Waals surface area contributed by atoms with Gasteiger partial charge in [-0.2, -0.15) is 13.2 Å². The number of fused-ring (bicyclic) bond motifs is 1. The molecule has 3 aromatic rings. The van der Waals surface area contributed by atoms with Crippen molar-refractivity contribution >= 4 is 11.3 Å². The van der Waals surface area contributed by atoms with Crippen LogP contribution >= 0.6 is 0 Å². The van der Waals surface area contributed by atoms with Gasteiger partial charge in [0.1, 0.15) is 0 Å². The zero-order valence-electron chi connectivity index (χ0n) is 15.4. The van der Waals surface area contributed by atoms with Gasteiger partial charge in [0.2, 0.25) is 0 Å². The molecule has 1 fully saturated rings. The van der Waals surface area contributed by atoms with E-state index in [0.29, 0.717) is 29.2 Å². The molecule has 2 aromatic heterocycles. The van der Waals surface area contributed by atoms with E-state index in [9.17, 15) is 13.2 Å². The molecule has 5 nitrogen and oxygen atoms in total. The fraction of sp³-hybridized carbons (Fsp3) is 0.400. The summed E-state index contributed by atoms with van der Waals surface area (Å²) in [6.07, 6.45) is 1.82. The molecule has 1 N–H and O–H groups in total. The van der Waals surface area contributed by atoms with Gasteiger partial charge in [-0.25, -0.2) is 0 Å². The molecule has 0 unspecified atom stereocenters. The van der Waals surface area contributed by atoms with E-state index in [2.05, 4.69) is 15.5 Å². The van der Waals surface area contributed by atoms with Crippen LogP contribution in [-0.4, -0.2) is 33.9 Å². The van der Waals surface area contributed by atoms with Crippen molar-refractivity contribution in [1.82, 2.24) is 14.6 Å². The molecule has 8 heteroatoms. The summed E-state index contributed by atoms with van der Waals surface area (Å²) in [6.45, 7) is 0. The Morgan fingerprint density at radius 3 is 2.57 bits per heavy atom. The van der Waals surface area contributed by atoms with Crippen LogP contribution in [0.25, 0.3) is 17.0 Å². The molecule has 0 radical (unpaired) electrons. The summed E-state index contributed by atoms with van der Waals surface area (Å²) in [5.41, 5.74) is 1.15. The number of pyridine rings is 1. The molecule has 0 aliphatic heterocycles. The number of nitrogens with zero attached hydrogens (tertiary/aromatic N) is 3. The molecule has 0 amide bonds. The number of halogens is 3. The van der Waals surface area contributed by atoms with Gasteiger partial charge < -0.3 is 10.1 Å². The first-order valence-corrected chi connectivity index (χ1v) is 9.26. The van der Waals surface area contributed by atoms with Crippen LogP contribution in [0.4, 0.5) is 18.9 Å². The number of anilines is 1. The van der Waals surface area contributed by atoms with Gasteiger partial charge in [-0.1, -0.05) is 12.1 Å². The fourth-order valence-electron chi connectivity index (χ4n) is 3.69. The summed E-state index contributed by atoms with van der Waals surface area (Å²) >= 11 is 0. The van der Waals surface area contributed by atoms with Crippen molar-refractivity contribution in [1.29, 1.82) is 0 Å². The molecule has 28 heavy (non-hydrogen) atoms. The Kier molecular flexibility index (Phi) is 4.97. The van der Waals surface area contributed by atoms with Crippen LogP contribution in [0.15, 0.2) is 42.6 Å². The van der Waals surface area contributed by atoms with Crippen molar-refractivity contribution in [2.45, 2.75) is 44.0 Å². The lowest BCUT2D eigenvalue weighted by Gasteiger charge is -2.28. The molecule has 0 spiro atoms. The first-order chi connectivity index (χ1) is 13.4. The molecule has 1 aliphatic rings. The number of hydrogen-bond acceptors (Lipinski definition) is 4. The van der Waals surface area contributed by atoms with E-state index in [1.54, 1.807) is 17.6 Å². The molecular formula is C20H21F3N4O. The second-order valence-corrected chi connectivity index (χ2v) is 7.10. The number of aromatic nitrogens is 3. The minimum atomic E-state index is -4.40. The predicted molar refractivity (Wildman–Crippen MR) is 100 cm³/mol. The minimum absolute atomic E-state index is 0.325. The van der Waals surface area contributed by atoms with Crippen molar-refractivity contribution < 1.29 is 17.9 Å². The Hall–Kier alpha value is -2.61. The van der Waals surface area contributed by atoms with Crippen molar-refractivity contribution in [3.05, 3.63) is 48.2 Å². The lowest BCUT2D eigenvalue weighted by atomic mass is 9.93. The molecular weight excluding hydrogens is 369 g/mol. The Labute approximate surface area is 160 Å². The monoisotopic (exact) mass is 390 g/mol. The van der Waals surface area contributed by atoms with E-state index >= 15 is 0 Å². The fourth-order valence-corrected chi connectivity index (χ4v) is 3.69. The predicted octanol–water partition coefficient (Wildman–Crippen LogP) is 4.78. The Morgan fingerprint density at radius 2 is 1.86 bits per heavy atom. The summed E-state index contributed by atoms with van der Waals surface area (Å²) in [6, 6.07) is 9.22. The average molecular weight is 390 g/mol. The maximum atomic E-state index is 13.0. The van der Waals surface area contributed by atoms with Crippen molar-refractivity contribution in [3.63, 3.8) is 0 Å². The quantitative estimate of drug-likeness (QED) is 0.696. The van der Waals surface area contributed by atoms with E-state index in [4.69, 9.17) is 4.74 Å². The third kappa shape index (κ3) is 3.82. The number of nitrogens with one attached hydrogen (secondary N) is 1. The van der Waals surface area contributed by atoms with Gasteiger partial charge in [0.05, 0.1) is 17.4 Å². The van der Waals surface area contributed by atoms with Crippen LogP contribution in [-0.2, 0) is 10.9 Å². The highest BCUT2D eigenvalue weighted by atomic mass is 19.4. The highest BCUT2D eigenvalue weighted by molar-refractivity contribution is 5.62. The number of ether oxygens (including phenoxy) is 1. The Bertz CT molecular complexity index is 961. The highest BCUT2D eigenvalue weighted by Gasteiger charge is 2.30. The number of benzene rings is 1. The largest absolute Gasteiger partial charge is 0.416 e. The number of methoxy groups -OCH3 is 1. The lowest BCUT2D eigenvalue weighted by molar-refractivity contribution is -0.137. The normalized spacial score (nSPS) is 20.4. The van der Waals surface area contributed by atoms with Gasteiger partial charge >= 0.3 is 6.18 Å². The standard InChI is InChI=1S/C20H21F3N4O/c1-28-17-8-5-15(6-9-17)24-16-7-10-18-25-26-19(27(18)12-16)13-3-2-4-14(11-13)20(21,22)23/h2-4,7,10-12,15,17,24H,5-6,8-9H2,1H3. The third-order valence-corrected chi connectivity index (χ3v) is 5.23. The SMILES string of the molecule is COC1CCC(Nc2ccc3nnc(-c4cccc(C(F)(F)F)c4)n3c2)CC1. The Morgan fingerprint density at radius 1 is 1.07 bits per heavy atom. The van der Waals surface area contributed by atoms with E-state index in [1.807, 2.05) is 18.3 Å². The van der Waals surface area contributed by atoms with Gasteiger partial charge in [-0.05, 0) is 49.9 Å². The molecule has 1 aromatic carbocycles. The minimum Gasteiger partial charge on any atom is -0.381 e. The zero-order valence-corrected chi connectivity index (χ0v) is 15.4. The molecule has 4 rings (SSSR count). The maximum absolute atomic E-state index is 13.0. The molecule has 0 atom stereocenters. The first kappa shape index (κ1) is 18.7. The third-order valence-electron chi connectivity index (χ3n) is 5.23. The number of hydrogen-bond donors (Lipinski definition) is 1. The molecule has 2 heterocycles. The second kappa shape index (κ2) is 7.43. The molecule has 1 saturated carbocycles. The first-order valence-electron chi connectivity index (χ1n) is 9.26. The van der Waals surface area contributed by atoms with Gasteiger partial charge in [0, 0.05) is 24.9 Å². The van der Waals surface area contributed by atoms with E-state index in [1.165, 1.54) is 6.07 Å². The van der Waals surface area contributed by atoms with Gasteiger partial charge in [-0.3, -0.25) is 4.40 Å². The van der Waals surface area contributed by atoms with E-state index in [0.717, 1.165) is 43.5 Å². The van der Waals surface area contributed by atoms with Gasteiger partial charge in [0.15, 0.2) is 11.5 Å². The van der Waals surface area contributed by atoms with Crippen LogP contribution in [0.5, 0.6) is 0 Å². The summed E-state index contributed by atoms with van der Waals surface area (Å²) in [5.74, 6) is 0.382. The van der Waals surface area contributed by atoms with Crippen molar-refractivity contribution in [2.75, 3.05) is 12.4 Å². The molecule has 148 valence electrons. The summed E-state index contributed by atoms with van der Waals surface area (Å²) in [4.78, 5) is 0. The number of rotatable bonds is 4. The van der Waals surface area contributed by atoms with Crippen molar-refractivity contribution in [3.8, 4) is 11.4 Å². The van der Waals surface area contributed by atoms with Crippen LogP contribution in [0, 0.1) is 0 Å². The lowest BCUT2D eigenvalue weighted by Crippen LogP contribution is -2.29. The van der Waals surface area contributed by atoms with Gasteiger partial charge in [-0.15, -0.1) is 10.2 Å². The summed E-state index contributed by atoms with van der Waals surface area (Å²) in [7, 11) is 1.74. The molecule has 0 bridgehead atoms. The van der Waals surface area contributed by atoms with E-state index < -0.39 is 11.7 Å². The molecule has 1 aliphatic carbocycles.